The van der Waals surface area contributed by atoms with Gasteiger partial charge in [0.25, 0.3) is 0 Å². The normalized spacial score (nSPS) is 12.2. The number of anilines is 1. The van der Waals surface area contributed by atoms with Crippen molar-refractivity contribution in [1.29, 1.82) is 0 Å². The molecule has 2 rings (SSSR count). The Morgan fingerprint density at radius 1 is 1.31 bits per heavy atom. The van der Waals surface area contributed by atoms with Crippen LogP contribution in [0.25, 0.3) is 11.2 Å². The highest BCUT2D eigenvalue weighted by atomic mass is 15.2. The molecule has 0 bridgehead atoms. The Bertz CT molecular complexity index is 500. The second-order valence-electron chi connectivity index (χ2n) is 4.61. The zero-order valence-corrected chi connectivity index (χ0v) is 9.94. The molecule has 2 aromatic heterocycles. The molecule has 86 valence electrons. The number of hydrogen-bond donors (Lipinski definition) is 1. The summed E-state index contributed by atoms with van der Waals surface area (Å²) in [6.45, 7) is 6.52. The molecule has 0 aliphatic rings. The Kier molecular flexibility index (Phi) is 2.53. The van der Waals surface area contributed by atoms with Crippen LogP contribution < -0.4 is 5.73 Å². The summed E-state index contributed by atoms with van der Waals surface area (Å²) in [5.74, 6) is 0.441. The van der Waals surface area contributed by atoms with E-state index in [4.69, 9.17) is 5.73 Å². The molecule has 0 saturated carbocycles. The molecule has 16 heavy (non-hydrogen) atoms. The van der Waals surface area contributed by atoms with Gasteiger partial charge in [0.1, 0.15) is 11.8 Å². The van der Waals surface area contributed by atoms with Crippen molar-refractivity contribution in [2.24, 2.45) is 0 Å². The van der Waals surface area contributed by atoms with Crippen LogP contribution in [0.2, 0.25) is 0 Å². The molecular weight excluding hydrogens is 202 g/mol. The van der Waals surface area contributed by atoms with E-state index in [9.17, 15) is 0 Å². The predicted octanol–water partition coefficient (Wildman–Crippen LogP) is 1.94. The summed E-state index contributed by atoms with van der Waals surface area (Å²) in [6.07, 6.45) is 5.47. The van der Waals surface area contributed by atoms with Crippen LogP contribution in [0.5, 0.6) is 0 Å². The lowest BCUT2D eigenvalue weighted by Gasteiger charge is -2.26. The first-order valence-corrected chi connectivity index (χ1v) is 5.50. The van der Waals surface area contributed by atoms with E-state index in [0.717, 1.165) is 18.5 Å². The summed E-state index contributed by atoms with van der Waals surface area (Å²) in [5, 5.41) is 0. The van der Waals surface area contributed by atoms with Crippen LogP contribution in [-0.4, -0.2) is 19.5 Å². The van der Waals surface area contributed by atoms with Gasteiger partial charge >= 0.3 is 0 Å². The van der Waals surface area contributed by atoms with Gasteiger partial charge in [-0.2, -0.15) is 0 Å². The molecular formula is C11H17N5. The van der Waals surface area contributed by atoms with E-state index < -0.39 is 0 Å². The van der Waals surface area contributed by atoms with Gasteiger partial charge < -0.3 is 10.3 Å². The fourth-order valence-corrected chi connectivity index (χ4v) is 2.03. The van der Waals surface area contributed by atoms with Crippen LogP contribution in [0.1, 0.15) is 33.6 Å². The van der Waals surface area contributed by atoms with E-state index >= 15 is 0 Å². The summed E-state index contributed by atoms with van der Waals surface area (Å²) in [6, 6.07) is 0. The third-order valence-corrected chi connectivity index (χ3v) is 2.88. The number of nitrogens with two attached hydrogens (primary N) is 1. The van der Waals surface area contributed by atoms with E-state index in [1.165, 1.54) is 6.33 Å². The summed E-state index contributed by atoms with van der Waals surface area (Å²) in [4.78, 5) is 12.5. The highest BCUT2D eigenvalue weighted by molar-refractivity contribution is 5.81. The van der Waals surface area contributed by atoms with Crippen molar-refractivity contribution in [2.75, 3.05) is 5.73 Å². The summed E-state index contributed by atoms with van der Waals surface area (Å²) in [7, 11) is 0. The first-order chi connectivity index (χ1) is 7.56. The minimum atomic E-state index is 0.00426. The van der Waals surface area contributed by atoms with Gasteiger partial charge in [0.15, 0.2) is 11.5 Å². The fourth-order valence-electron chi connectivity index (χ4n) is 2.03. The van der Waals surface area contributed by atoms with Gasteiger partial charge in [-0.15, -0.1) is 0 Å². The number of rotatable bonds is 3. The Balaban J connectivity index is 2.58. The van der Waals surface area contributed by atoms with Crippen molar-refractivity contribution in [2.45, 2.75) is 39.2 Å². The molecule has 0 spiro atoms. The largest absolute Gasteiger partial charge is 0.382 e. The average molecular weight is 219 g/mol. The number of nitrogens with zero attached hydrogens (tertiary/aromatic N) is 4. The zero-order chi connectivity index (χ0) is 11.8. The lowest BCUT2D eigenvalue weighted by Crippen LogP contribution is -2.25. The van der Waals surface area contributed by atoms with Gasteiger partial charge in [-0.3, -0.25) is 0 Å². The van der Waals surface area contributed by atoms with Gasteiger partial charge in [-0.05, 0) is 20.3 Å². The minimum Gasteiger partial charge on any atom is -0.382 e. The molecule has 5 heteroatoms. The van der Waals surface area contributed by atoms with Crippen molar-refractivity contribution in [3.8, 4) is 0 Å². The Labute approximate surface area is 94.7 Å². The highest BCUT2D eigenvalue weighted by Crippen LogP contribution is 2.26. The molecule has 0 atom stereocenters. The van der Waals surface area contributed by atoms with Gasteiger partial charge in [-0.1, -0.05) is 13.3 Å². The van der Waals surface area contributed by atoms with E-state index in [2.05, 4.69) is 40.3 Å². The molecule has 5 nitrogen and oxygen atoms in total. The maximum Gasteiger partial charge on any atom is 0.165 e. The van der Waals surface area contributed by atoms with E-state index in [1.807, 2.05) is 0 Å². The second kappa shape index (κ2) is 3.73. The maximum atomic E-state index is 5.76. The molecule has 0 saturated heterocycles. The van der Waals surface area contributed by atoms with Crippen LogP contribution in [0.3, 0.4) is 0 Å². The van der Waals surface area contributed by atoms with Crippen LogP contribution in [0.4, 0.5) is 5.82 Å². The van der Waals surface area contributed by atoms with Gasteiger partial charge in [0, 0.05) is 5.54 Å². The monoisotopic (exact) mass is 219 g/mol. The van der Waals surface area contributed by atoms with E-state index in [1.54, 1.807) is 6.33 Å². The SMILES string of the molecule is CCCC(C)(C)n1cnc2c(N)ncnc21. The van der Waals surface area contributed by atoms with Crippen molar-refractivity contribution in [3.05, 3.63) is 12.7 Å². The quantitative estimate of drug-likeness (QED) is 0.856. The van der Waals surface area contributed by atoms with Gasteiger partial charge in [-0.25, -0.2) is 15.0 Å². The topological polar surface area (TPSA) is 69.6 Å². The lowest BCUT2D eigenvalue weighted by atomic mass is 9.99. The van der Waals surface area contributed by atoms with Crippen LogP contribution in [0.15, 0.2) is 12.7 Å². The third kappa shape index (κ3) is 1.62. The smallest absolute Gasteiger partial charge is 0.165 e. The Morgan fingerprint density at radius 3 is 2.75 bits per heavy atom. The first kappa shape index (κ1) is 10.9. The molecule has 0 amide bonds. The summed E-state index contributed by atoms with van der Waals surface area (Å²) < 4.78 is 2.07. The average Bonchev–Trinajstić information content (AvgIpc) is 2.63. The number of imidazole rings is 1. The van der Waals surface area contributed by atoms with Crippen molar-refractivity contribution < 1.29 is 0 Å². The van der Waals surface area contributed by atoms with E-state index in [0.29, 0.717) is 11.3 Å². The van der Waals surface area contributed by atoms with Crippen molar-refractivity contribution in [1.82, 2.24) is 19.5 Å². The van der Waals surface area contributed by atoms with Gasteiger partial charge in [0.2, 0.25) is 0 Å². The van der Waals surface area contributed by atoms with E-state index in [-0.39, 0.29) is 5.54 Å². The minimum absolute atomic E-state index is 0.00426. The van der Waals surface area contributed by atoms with Crippen LogP contribution >= 0.6 is 0 Å². The molecule has 0 unspecified atom stereocenters. The first-order valence-electron chi connectivity index (χ1n) is 5.50. The molecule has 0 aromatic carbocycles. The third-order valence-electron chi connectivity index (χ3n) is 2.88. The maximum absolute atomic E-state index is 5.76. The molecule has 0 aliphatic carbocycles. The number of hydrogen-bond acceptors (Lipinski definition) is 4. The van der Waals surface area contributed by atoms with Gasteiger partial charge in [0.05, 0.1) is 6.33 Å². The highest BCUT2D eigenvalue weighted by Gasteiger charge is 2.22. The number of nitrogen functional groups attached to an aromatic ring is 1. The van der Waals surface area contributed by atoms with Crippen molar-refractivity contribution >= 4 is 17.0 Å². The molecule has 2 aromatic rings. The fraction of sp³-hybridized carbons (Fsp3) is 0.545. The molecule has 2 heterocycles. The number of fused-ring (bicyclic) bond motifs is 1. The number of aromatic nitrogens is 4. The molecule has 0 aliphatic heterocycles. The second-order valence-corrected chi connectivity index (χ2v) is 4.61. The molecule has 0 fully saturated rings. The zero-order valence-electron chi connectivity index (χ0n) is 9.94. The Hall–Kier alpha value is -1.65. The summed E-state index contributed by atoms with van der Waals surface area (Å²) in [5.41, 5.74) is 7.26. The molecule has 2 N–H and O–H groups in total. The Morgan fingerprint density at radius 2 is 2.06 bits per heavy atom. The lowest BCUT2D eigenvalue weighted by molar-refractivity contribution is 0.331. The van der Waals surface area contributed by atoms with Crippen LogP contribution in [-0.2, 0) is 5.54 Å². The summed E-state index contributed by atoms with van der Waals surface area (Å²) >= 11 is 0. The van der Waals surface area contributed by atoms with Crippen molar-refractivity contribution in [3.63, 3.8) is 0 Å². The molecule has 0 radical (unpaired) electrons. The van der Waals surface area contributed by atoms with Crippen LogP contribution in [0, 0.1) is 0 Å². The predicted molar refractivity (Wildman–Crippen MR) is 64.0 cm³/mol. The standard InChI is InChI=1S/C11H17N5/c1-4-5-11(2,3)16-7-15-8-9(12)13-6-14-10(8)16/h6-7H,4-5H2,1-3H3,(H2,12,13,14).